The van der Waals surface area contributed by atoms with Crippen molar-refractivity contribution in [1.29, 1.82) is 0 Å². The topological polar surface area (TPSA) is 86.5 Å². The molecular formula is C14H14FN5O. The van der Waals surface area contributed by atoms with E-state index in [-0.39, 0.29) is 11.4 Å². The Morgan fingerprint density at radius 1 is 1.24 bits per heavy atom. The second-order valence-electron chi connectivity index (χ2n) is 4.86. The summed E-state index contributed by atoms with van der Waals surface area (Å²) in [4.78, 5) is 25.8. The molecule has 0 aliphatic heterocycles. The van der Waals surface area contributed by atoms with Gasteiger partial charge in [-0.15, -0.1) is 0 Å². The van der Waals surface area contributed by atoms with Gasteiger partial charge in [-0.2, -0.15) is 4.98 Å². The molecule has 0 saturated heterocycles. The van der Waals surface area contributed by atoms with E-state index in [1.807, 2.05) is 6.92 Å². The van der Waals surface area contributed by atoms with Crippen LogP contribution in [0, 0.1) is 19.7 Å². The molecule has 2 heterocycles. The van der Waals surface area contributed by atoms with E-state index in [2.05, 4.69) is 25.3 Å². The maximum atomic E-state index is 13.0. The Hall–Kier alpha value is -2.70. The Labute approximate surface area is 119 Å². The van der Waals surface area contributed by atoms with Crippen molar-refractivity contribution in [3.63, 3.8) is 0 Å². The van der Waals surface area contributed by atoms with Crippen LogP contribution in [0.4, 0.5) is 10.3 Å². The van der Waals surface area contributed by atoms with Gasteiger partial charge >= 0.3 is 0 Å². The number of benzene rings is 1. The lowest BCUT2D eigenvalue weighted by Crippen LogP contribution is -2.13. The number of hydrogen-bond donors (Lipinski definition) is 3. The molecule has 0 atom stereocenters. The maximum Gasteiger partial charge on any atom is 0.278 e. The number of aryl methyl sites for hydroxylation is 2. The fraction of sp³-hybridized carbons (Fsp3) is 0.214. The molecule has 108 valence electrons. The van der Waals surface area contributed by atoms with Gasteiger partial charge in [0, 0.05) is 6.54 Å². The Balaban J connectivity index is 1.86. The predicted octanol–water partition coefficient (Wildman–Crippen LogP) is 2.01. The van der Waals surface area contributed by atoms with Crippen LogP contribution in [0.25, 0.3) is 11.2 Å². The minimum Gasteiger partial charge on any atom is -0.352 e. The molecule has 0 saturated carbocycles. The first-order valence-electron chi connectivity index (χ1n) is 6.48. The molecule has 2 aromatic heterocycles. The van der Waals surface area contributed by atoms with Crippen molar-refractivity contribution >= 4 is 17.1 Å². The van der Waals surface area contributed by atoms with E-state index in [1.54, 1.807) is 13.0 Å². The number of nitrogens with one attached hydrogen (secondary N) is 3. The number of nitrogens with zero attached hydrogens (tertiary/aromatic N) is 2. The minimum absolute atomic E-state index is 0.267. The van der Waals surface area contributed by atoms with Crippen LogP contribution in [0.3, 0.4) is 0 Å². The summed E-state index contributed by atoms with van der Waals surface area (Å²) in [6, 6.07) is 4.57. The summed E-state index contributed by atoms with van der Waals surface area (Å²) in [7, 11) is 0. The monoisotopic (exact) mass is 287 g/mol. The Morgan fingerprint density at radius 2 is 2.05 bits per heavy atom. The maximum absolute atomic E-state index is 13.0. The van der Waals surface area contributed by atoms with Crippen LogP contribution in [0.2, 0.25) is 0 Å². The fourth-order valence-electron chi connectivity index (χ4n) is 2.14. The summed E-state index contributed by atoms with van der Waals surface area (Å²) < 4.78 is 13.0. The fourth-order valence-corrected chi connectivity index (χ4v) is 2.14. The summed E-state index contributed by atoms with van der Waals surface area (Å²) in [6.07, 6.45) is 0. The third kappa shape index (κ3) is 2.62. The molecule has 0 amide bonds. The quantitative estimate of drug-likeness (QED) is 0.688. The number of imidazole rings is 1. The predicted molar refractivity (Wildman–Crippen MR) is 77.7 cm³/mol. The highest BCUT2D eigenvalue weighted by Gasteiger charge is 2.08. The van der Waals surface area contributed by atoms with Crippen molar-refractivity contribution in [2.45, 2.75) is 20.4 Å². The Kier molecular flexibility index (Phi) is 3.17. The molecule has 21 heavy (non-hydrogen) atoms. The molecular weight excluding hydrogens is 273 g/mol. The van der Waals surface area contributed by atoms with Crippen LogP contribution in [0.1, 0.15) is 17.0 Å². The number of halogens is 1. The molecule has 0 bridgehead atoms. The zero-order chi connectivity index (χ0) is 15.0. The molecule has 0 aliphatic rings. The number of H-pyrrole nitrogens is 2. The van der Waals surface area contributed by atoms with Crippen molar-refractivity contribution in [3.8, 4) is 0 Å². The molecule has 0 unspecified atom stereocenters. The molecule has 0 spiro atoms. The van der Waals surface area contributed by atoms with Gasteiger partial charge < -0.3 is 10.3 Å². The van der Waals surface area contributed by atoms with Crippen LogP contribution in [0.15, 0.2) is 23.0 Å². The van der Waals surface area contributed by atoms with Gasteiger partial charge in [0.15, 0.2) is 11.2 Å². The largest absolute Gasteiger partial charge is 0.352 e. The third-order valence-electron chi connectivity index (χ3n) is 3.23. The number of hydrogen-bond acceptors (Lipinski definition) is 4. The molecule has 3 N–H and O–H groups in total. The van der Waals surface area contributed by atoms with Crippen molar-refractivity contribution in [1.82, 2.24) is 19.9 Å². The summed E-state index contributed by atoms with van der Waals surface area (Å²) in [5.74, 6) is 0.702. The molecule has 0 radical (unpaired) electrons. The lowest BCUT2D eigenvalue weighted by Gasteiger charge is -2.08. The van der Waals surface area contributed by atoms with E-state index in [0.29, 0.717) is 29.5 Å². The average Bonchev–Trinajstić information content (AvgIpc) is 2.79. The van der Waals surface area contributed by atoms with Crippen molar-refractivity contribution < 1.29 is 4.39 Å². The second-order valence-corrected chi connectivity index (χ2v) is 4.86. The van der Waals surface area contributed by atoms with Crippen molar-refractivity contribution in [3.05, 3.63) is 51.3 Å². The summed E-state index contributed by atoms with van der Waals surface area (Å²) in [5, 5.41) is 3.02. The second kappa shape index (κ2) is 5.01. The first-order chi connectivity index (χ1) is 10.0. The molecule has 0 fully saturated rings. The molecule has 3 aromatic rings. The highest BCUT2D eigenvalue weighted by molar-refractivity contribution is 5.70. The smallest absolute Gasteiger partial charge is 0.278 e. The van der Waals surface area contributed by atoms with E-state index in [1.165, 1.54) is 12.1 Å². The average molecular weight is 287 g/mol. The van der Waals surface area contributed by atoms with Gasteiger partial charge in [-0.1, -0.05) is 6.07 Å². The SMILES string of the molecule is Cc1nc2nc(NCc3ccc(F)cc3C)[nH]c(=O)c2[nH]1. The van der Waals surface area contributed by atoms with Crippen LogP contribution in [-0.4, -0.2) is 19.9 Å². The molecule has 1 aromatic carbocycles. The summed E-state index contributed by atoms with van der Waals surface area (Å²) in [5.41, 5.74) is 2.21. The zero-order valence-electron chi connectivity index (χ0n) is 11.6. The van der Waals surface area contributed by atoms with Crippen LogP contribution in [-0.2, 0) is 6.54 Å². The number of aromatic amines is 2. The van der Waals surface area contributed by atoms with E-state index in [4.69, 9.17) is 0 Å². The van der Waals surface area contributed by atoms with Crippen LogP contribution >= 0.6 is 0 Å². The van der Waals surface area contributed by atoms with E-state index < -0.39 is 0 Å². The zero-order valence-corrected chi connectivity index (χ0v) is 11.6. The van der Waals surface area contributed by atoms with Gasteiger partial charge in [0.2, 0.25) is 5.95 Å². The first kappa shape index (κ1) is 13.3. The van der Waals surface area contributed by atoms with E-state index in [9.17, 15) is 9.18 Å². The van der Waals surface area contributed by atoms with Gasteiger partial charge in [0.1, 0.15) is 11.6 Å². The molecule has 6 nitrogen and oxygen atoms in total. The highest BCUT2D eigenvalue weighted by atomic mass is 19.1. The molecule has 7 heteroatoms. The number of aromatic nitrogens is 4. The van der Waals surface area contributed by atoms with Crippen LogP contribution < -0.4 is 10.9 Å². The first-order valence-corrected chi connectivity index (χ1v) is 6.48. The molecule has 3 rings (SSSR count). The van der Waals surface area contributed by atoms with Crippen LogP contribution in [0.5, 0.6) is 0 Å². The molecule has 0 aliphatic carbocycles. The van der Waals surface area contributed by atoms with Crippen molar-refractivity contribution in [2.24, 2.45) is 0 Å². The number of anilines is 1. The summed E-state index contributed by atoms with van der Waals surface area (Å²) in [6.45, 7) is 4.02. The van der Waals surface area contributed by atoms with Gasteiger partial charge in [0.25, 0.3) is 5.56 Å². The Bertz CT molecular complexity index is 867. The van der Waals surface area contributed by atoms with E-state index in [0.717, 1.165) is 11.1 Å². The lowest BCUT2D eigenvalue weighted by atomic mass is 10.1. The van der Waals surface area contributed by atoms with Gasteiger partial charge in [-0.05, 0) is 37.1 Å². The lowest BCUT2D eigenvalue weighted by molar-refractivity contribution is 0.625. The number of rotatable bonds is 3. The van der Waals surface area contributed by atoms with E-state index >= 15 is 0 Å². The standard InChI is InChI=1S/C14H14FN5O/c1-7-5-10(15)4-3-9(7)6-16-14-19-12-11(13(21)20-14)17-8(2)18-12/h3-5H,6H2,1-2H3,(H3,16,17,18,19,20,21). The minimum atomic E-state index is -0.279. The van der Waals surface area contributed by atoms with Gasteiger partial charge in [-0.3, -0.25) is 9.78 Å². The normalized spacial score (nSPS) is 11.0. The van der Waals surface area contributed by atoms with Crippen molar-refractivity contribution in [2.75, 3.05) is 5.32 Å². The number of fused-ring (bicyclic) bond motifs is 1. The highest BCUT2D eigenvalue weighted by Crippen LogP contribution is 2.12. The summed E-state index contributed by atoms with van der Waals surface area (Å²) >= 11 is 0. The Morgan fingerprint density at radius 3 is 2.81 bits per heavy atom. The van der Waals surface area contributed by atoms with Gasteiger partial charge in [-0.25, -0.2) is 9.37 Å². The third-order valence-corrected chi connectivity index (χ3v) is 3.23. The van der Waals surface area contributed by atoms with Gasteiger partial charge in [0.05, 0.1) is 0 Å².